The summed E-state index contributed by atoms with van der Waals surface area (Å²) in [5, 5.41) is 3.35. The third-order valence-electron chi connectivity index (χ3n) is 4.96. The highest BCUT2D eigenvalue weighted by Gasteiger charge is 2.26. The fourth-order valence-electron chi connectivity index (χ4n) is 3.05. The normalized spacial score (nSPS) is 11.7. The molecule has 0 radical (unpaired) electrons. The van der Waals surface area contributed by atoms with E-state index in [1.165, 1.54) is 22.3 Å². The second kappa shape index (κ2) is 6.64. The van der Waals surface area contributed by atoms with Gasteiger partial charge >= 0.3 is 0 Å². The fourth-order valence-corrected chi connectivity index (χ4v) is 4.02. The van der Waals surface area contributed by atoms with Gasteiger partial charge in [-0.2, -0.15) is 0 Å². The molecule has 130 valence electrons. The van der Waals surface area contributed by atoms with Crippen LogP contribution in [0.3, 0.4) is 0 Å². The predicted octanol–water partition coefficient (Wildman–Crippen LogP) is 5.57. The Morgan fingerprint density at radius 2 is 1.68 bits per heavy atom. The lowest BCUT2D eigenvalue weighted by molar-refractivity contribution is 0.632. The Morgan fingerprint density at radius 3 is 2.36 bits per heavy atom. The van der Waals surface area contributed by atoms with Crippen molar-refractivity contribution in [1.29, 1.82) is 0 Å². The van der Waals surface area contributed by atoms with Crippen LogP contribution in [0.1, 0.15) is 52.4 Å². The van der Waals surface area contributed by atoms with Gasteiger partial charge in [0.15, 0.2) is 0 Å². The molecule has 1 aromatic heterocycles. The lowest BCUT2D eigenvalue weighted by Gasteiger charge is -2.22. The van der Waals surface area contributed by atoms with Crippen LogP contribution >= 0.6 is 11.3 Å². The van der Waals surface area contributed by atoms with E-state index in [2.05, 4.69) is 76.4 Å². The van der Waals surface area contributed by atoms with E-state index in [9.17, 15) is 0 Å². The van der Waals surface area contributed by atoms with E-state index in [1.807, 2.05) is 0 Å². The first-order valence-corrected chi connectivity index (χ1v) is 9.53. The second-order valence-corrected chi connectivity index (χ2v) is 8.31. The summed E-state index contributed by atoms with van der Waals surface area (Å²) >= 11 is 1.75. The van der Waals surface area contributed by atoms with Crippen molar-refractivity contribution in [3.05, 3.63) is 80.3 Å². The van der Waals surface area contributed by atoms with E-state index in [0.717, 1.165) is 28.4 Å². The maximum atomic E-state index is 6.01. The Morgan fingerprint density at radius 1 is 1.00 bits per heavy atom. The summed E-state index contributed by atoms with van der Waals surface area (Å²) in [6.07, 6.45) is 0.855. The van der Waals surface area contributed by atoms with Crippen LogP contribution in [0, 0.1) is 20.8 Å². The zero-order valence-electron chi connectivity index (χ0n) is 15.7. The van der Waals surface area contributed by atoms with Gasteiger partial charge in [0.25, 0.3) is 0 Å². The zero-order valence-corrected chi connectivity index (χ0v) is 16.5. The molecule has 3 heteroatoms. The molecule has 0 aliphatic carbocycles. The summed E-state index contributed by atoms with van der Waals surface area (Å²) in [6.45, 7) is 10.8. The van der Waals surface area contributed by atoms with E-state index >= 15 is 0 Å². The maximum Gasteiger partial charge on any atom is 0.103 e. The van der Waals surface area contributed by atoms with Crippen molar-refractivity contribution in [2.24, 2.45) is 0 Å². The number of nitrogens with two attached hydrogens (primary N) is 1. The number of nitrogen functional groups attached to an aromatic ring is 1. The minimum Gasteiger partial charge on any atom is -0.399 e. The van der Waals surface area contributed by atoms with Crippen molar-refractivity contribution in [3.8, 4) is 0 Å². The molecule has 25 heavy (non-hydrogen) atoms. The van der Waals surface area contributed by atoms with Gasteiger partial charge in [-0.05, 0) is 62.9 Å². The van der Waals surface area contributed by atoms with Crippen molar-refractivity contribution in [1.82, 2.24) is 4.98 Å². The van der Waals surface area contributed by atoms with Gasteiger partial charge in [-0.25, -0.2) is 4.98 Å². The van der Waals surface area contributed by atoms with Crippen molar-refractivity contribution in [2.45, 2.75) is 46.5 Å². The van der Waals surface area contributed by atoms with E-state index in [0.29, 0.717) is 0 Å². The van der Waals surface area contributed by atoms with Gasteiger partial charge in [-0.1, -0.05) is 35.9 Å². The first-order valence-electron chi connectivity index (χ1n) is 8.65. The zero-order chi connectivity index (χ0) is 18.2. The Labute approximate surface area is 154 Å². The number of thiazole rings is 1. The molecular weight excluding hydrogens is 324 g/mol. The van der Waals surface area contributed by atoms with Crippen LogP contribution in [0.2, 0.25) is 0 Å². The largest absolute Gasteiger partial charge is 0.399 e. The molecule has 1 heterocycles. The fraction of sp³-hybridized carbons (Fsp3) is 0.318. The summed E-state index contributed by atoms with van der Waals surface area (Å²) in [5.74, 6) is 0. The van der Waals surface area contributed by atoms with Gasteiger partial charge in [-0.3, -0.25) is 0 Å². The van der Waals surface area contributed by atoms with Crippen LogP contribution in [0.5, 0.6) is 0 Å². The van der Waals surface area contributed by atoms with Crippen molar-refractivity contribution < 1.29 is 0 Å². The molecule has 0 saturated carbocycles. The summed E-state index contributed by atoms with van der Waals surface area (Å²) in [6, 6.07) is 13.0. The number of hydrogen-bond donors (Lipinski definition) is 1. The molecule has 0 aliphatic rings. The Kier molecular flexibility index (Phi) is 4.70. The molecule has 3 aromatic rings. The number of anilines is 1. The molecule has 0 unspecified atom stereocenters. The monoisotopic (exact) mass is 350 g/mol. The number of benzene rings is 2. The van der Waals surface area contributed by atoms with E-state index < -0.39 is 0 Å². The molecule has 2 nitrogen and oxygen atoms in total. The molecule has 0 aliphatic heterocycles. The number of aryl methyl sites for hydroxylation is 3. The Hall–Kier alpha value is -2.13. The van der Waals surface area contributed by atoms with Crippen LogP contribution in [0.4, 0.5) is 5.69 Å². The average molecular weight is 351 g/mol. The van der Waals surface area contributed by atoms with Crippen molar-refractivity contribution >= 4 is 17.0 Å². The van der Waals surface area contributed by atoms with Gasteiger partial charge in [0, 0.05) is 22.9 Å². The molecule has 0 amide bonds. The van der Waals surface area contributed by atoms with Crippen molar-refractivity contribution in [3.63, 3.8) is 0 Å². The highest BCUT2D eigenvalue weighted by atomic mass is 32.1. The molecule has 0 bridgehead atoms. The number of hydrogen-bond acceptors (Lipinski definition) is 3. The van der Waals surface area contributed by atoms with Crippen LogP contribution in [0.25, 0.3) is 0 Å². The van der Waals surface area contributed by atoms with E-state index in [-0.39, 0.29) is 5.41 Å². The number of aromatic nitrogens is 1. The van der Waals surface area contributed by atoms with Gasteiger partial charge in [0.2, 0.25) is 0 Å². The Bertz CT molecular complexity index is 889. The predicted molar refractivity (Wildman–Crippen MR) is 109 cm³/mol. The van der Waals surface area contributed by atoms with Crippen LogP contribution in [-0.2, 0) is 11.8 Å². The lowest BCUT2D eigenvalue weighted by atomic mass is 9.85. The van der Waals surface area contributed by atoms with Crippen molar-refractivity contribution in [2.75, 3.05) is 5.73 Å². The van der Waals surface area contributed by atoms with Crippen LogP contribution in [0.15, 0.2) is 41.8 Å². The summed E-state index contributed by atoms with van der Waals surface area (Å²) < 4.78 is 0. The third kappa shape index (κ3) is 3.62. The molecule has 3 rings (SSSR count). The first-order chi connectivity index (χ1) is 11.8. The topological polar surface area (TPSA) is 38.9 Å². The molecule has 0 atom stereocenters. The molecule has 0 fully saturated rings. The number of rotatable bonds is 4. The van der Waals surface area contributed by atoms with Gasteiger partial charge < -0.3 is 5.73 Å². The minimum atomic E-state index is -0.0807. The van der Waals surface area contributed by atoms with E-state index in [1.54, 1.807) is 11.3 Å². The lowest BCUT2D eigenvalue weighted by Crippen LogP contribution is -2.18. The average Bonchev–Trinajstić information content (AvgIpc) is 3.02. The highest BCUT2D eigenvalue weighted by molar-refractivity contribution is 7.09. The van der Waals surface area contributed by atoms with E-state index in [4.69, 9.17) is 10.7 Å². The summed E-state index contributed by atoms with van der Waals surface area (Å²) in [4.78, 5) is 4.96. The molecule has 2 aromatic carbocycles. The van der Waals surface area contributed by atoms with Crippen LogP contribution in [-0.4, -0.2) is 4.98 Å². The standard InChI is InChI=1S/C22H26N2S/c1-14-6-8-18(9-7-14)22(4,5)21-24-19(13-25-21)12-17-10-16(3)20(23)11-15(17)2/h6-11,13H,12,23H2,1-5H3. The Balaban J connectivity index is 1.87. The highest BCUT2D eigenvalue weighted by Crippen LogP contribution is 2.34. The first kappa shape index (κ1) is 17.7. The molecule has 0 saturated heterocycles. The minimum absolute atomic E-state index is 0.0807. The van der Waals surface area contributed by atoms with Gasteiger partial charge in [-0.15, -0.1) is 11.3 Å². The summed E-state index contributed by atoms with van der Waals surface area (Å²) in [7, 11) is 0. The maximum absolute atomic E-state index is 6.01. The third-order valence-corrected chi connectivity index (χ3v) is 6.17. The molecular formula is C22H26N2S. The van der Waals surface area contributed by atoms with Gasteiger partial charge in [0.1, 0.15) is 5.01 Å². The van der Waals surface area contributed by atoms with Gasteiger partial charge in [0.05, 0.1) is 5.69 Å². The second-order valence-electron chi connectivity index (χ2n) is 7.45. The van der Waals surface area contributed by atoms with Crippen LogP contribution < -0.4 is 5.73 Å². The molecule has 0 spiro atoms. The SMILES string of the molecule is Cc1ccc(C(C)(C)c2nc(Cc3cc(C)c(N)cc3C)cs2)cc1. The number of nitrogens with zero attached hydrogens (tertiary/aromatic N) is 1. The smallest absolute Gasteiger partial charge is 0.103 e. The quantitative estimate of drug-likeness (QED) is 0.625. The summed E-state index contributed by atoms with van der Waals surface area (Å²) in [5.41, 5.74) is 14.2. The molecule has 2 N–H and O–H groups in total.